The monoisotopic (exact) mass is 383 g/mol. The van der Waals surface area contributed by atoms with Gasteiger partial charge in [-0.3, -0.25) is 9.59 Å². The van der Waals surface area contributed by atoms with Crippen molar-refractivity contribution < 1.29 is 23.8 Å². The second kappa shape index (κ2) is 5.80. The van der Waals surface area contributed by atoms with Crippen LogP contribution in [0.5, 0.6) is 11.5 Å². The van der Waals surface area contributed by atoms with Gasteiger partial charge in [-0.05, 0) is 56.8 Å². The molecule has 6 rings (SSSR count). The number of benzene rings is 1. The molecule has 1 aromatic rings. The second-order valence-electron chi connectivity index (χ2n) is 9.06. The zero-order valence-corrected chi connectivity index (χ0v) is 16.1. The van der Waals surface area contributed by atoms with E-state index >= 15 is 0 Å². The lowest BCUT2D eigenvalue weighted by Crippen LogP contribution is -2.65. The van der Waals surface area contributed by atoms with Gasteiger partial charge in [0.25, 0.3) is 0 Å². The summed E-state index contributed by atoms with van der Waals surface area (Å²) in [6.07, 6.45) is 3.68. The lowest BCUT2D eigenvalue weighted by atomic mass is 9.52. The van der Waals surface area contributed by atoms with Crippen molar-refractivity contribution in [3.8, 4) is 11.5 Å². The summed E-state index contributed by atoms with van der Waals surface area (Å²) < 4.78 is 17.5. The first-order valence-electron chi connectivity index (χ1n) is 10.4. The third kappa shape index (κ3) is 2.05. The quantitative estimate of drug-likeness (QED) is 0.574. The van der Waals surface area contributed by atoms with E-state index in [1.54, 1.807) is 0 Å². The highest BCUT2D eigenvalue weighted by Crippen LogP contribution is 2.63. The highest BCUT2D eigenvalue weighted by atomic mass is 16.6. The first-order valence-corrected chi connectivity index (χ1v) is 10.4. The van der Waals surface area contributed by atoms with Crippen LogP contribution in [0.15, 0.2) is 12.1 Å². The summed E-state index contributed by atoms with van der Waals surface area (Å²) in [6, 6.07) is 4.40. The molecule has 5 aliphatic rings. The first-order chi connectivity index (χ1) is 13.6. The molecule has 4 unspecified atom stereocenters. The van der Waals surface area contributed by atoms with Crippen LogP contribution >= 0.6 is 0 Å². The van der Waals surface area contributed by atoms with Crippen LogP contribution in [-0.4, -0.2) is 55.6 Å². The lowest BCUT2D eigenvalue weighted by Gasteiger charge is -2.57. The minimum absolute atomic E-state index is 0.199. The molecule has 0 amide bonds. The van der Waals surface area contributed by atoms with Gasteiger partial charge in [0.15, 0.2) is 23.4 Å². The molecular formula is C22H25NO5. The average molecular weight is 383 g/mol. The van der Waals surface area contributed by atoms with Crippen molar-refractivity contribution in [1.29, 1.82) is 0 Å². The van der Waals surface area contributed by atoms with E-state index in [-0.39, 0.29) is 23.1 Å². The van der Waals surface area contributed by atoms with Gasteiger partial charge in [0.2, 0.25) is 0 Å². The Morgan fingerprint density at radius 2 is 2.21 bits per heavy atom. The number of carbonyl (C=O) groups is 2. The number of likely N-dealkylation sites (tertiary alicyclic amines) is 1. The molecule has 2 aliphatic carbocycles. The van der Waals surface area contributed by atoms with Crippen LogP contribution < -0.4 is 9.47 Å². The van der Waals surface area contributed by atoms with Crippen molar-refractivity contribution in [3.63, 3.8) is 0 Å². The molecule has 1 spiro atoms. The lowest BCUT2D eigenvalue weighted by molar-refractivity contribution is -0.139. The third-order valence-corrected chi connectivity index (χ3v) is 7.84. The van der Waals surface area contributed by atoms with Gasteiger partial charge in [0.05, 0.1) is 12.5 Å². The van der Waals surface area contributed by atoms with E-state index in [4.69, 9.17) is 14.2 Å². The Morgan fingerprint density at radius 1 is 1.32 bits per heavy atom. The predicted molar refractivity (Wildman–Crippen MR) is 99.6 cm³/mol. The van der Waals surface area contributed by atoms with Gasteiger partial charge in [0.1, 0.15) is 0 Å². The molecule has 2 bridgehead atoms. The van der Waals surface area contributed by atoms with E-state index in [9.17, 15) is 9.59 Å². The van der Waals surface area contributed by atoms with E-state index in [2.05, 4.69) is 18.0 Å². The van der Waals surface area contributed by atoms with Crippen LogP contribution in [0.3, 0.4) is 0 Å². The molecule has 0 N–H and O–H groups in total. The number of ether oxygens (including phenoxy) is 3. The zero-order valence-electron chi connectivity index (χ0n) is 16.1. The fourth-order valence-electron chi connectivity index (χ4n) is 6.50. The van der Waals surface area contributed by atoms with Gasteiger partial charge in [-0.25, -0.2) is 0 Å². The summed E-state index contributed by atoms with van der Waals surface area (Å²) in [4.78, 5) is 27.9. The summed E-state index contributed by atoms with van der Waals surface area (Å²) in [5.41, 5.74) is 2.17. The van der Waals surface area contributed by atoms with E-state index in [0.29, 0.717) is 49.5 Å². The molecule has 3 fully saturated rings. The molecule has 1 aromatic carbocycles. The minimum atomic E-state index is -0.425. The molecule has 2 saturated heterocycles. The minimum Gasteiger partial charge on any atom is -0.477 e. The van der Waals surface area contributed by atoms with Gasteiger partial charge in [-0.1, -0.05) is 6.07 Å². The number of Topliss-reactive ketones (excluding diaryl/α,β-unsaturated/α-hetero) is 1. The Morgan fingerprint density at radius 3 is 3.04 bits per heavy atom. The first kappa shape index (κ1) is 17.0. The van der Waals surface area contributed by atoms with Gasteiger partial charge < -0.3 is 19.1 Å². The topological polar surface area (TPSA) is 65.1 Å². The predicted octanol–water partition coefficient (Wildman–Crippen LogP) is 1.87. The van der Waals surface area contributed by atoms with Crippen molar-refractivity contribution in [3.05, 3.63) is 23.3 Å². The maximum absolute atomic E-state index is 12.9. The maximum Gasteiger partial charge on any atom is 0.316 e. The van der Waals surface area contributed by atoms with Gasteiger partial charge >= 0.3 is 5.97 Å². The fourth-order valence-corrected chi connectivity index (χ4v) is 6.50. The largest absolute Gasteiger partial charge is 0.477 e. The van der Waals surface area contributed by atoms with Crippen molar-refractivity contribution in [2.24, 2.45) is 11.8 Å². The number of hydrogen-bond acceptors (Lipinski definition) is 6. The Balaban J connectivity index is 1.46. The fraction of sp³-hybridized carbons (Fsp3) is 0.636. The van der Waals surface area contributed by atoms with Gasteiger partial charge in [-0.2, -0.15) is 0 Å². The van der Waals surface area contributed by atoms with Gasteiger partial charge in [-0.15, -0.1) is 0 Å². The normalized spacial score (nSPS) is 38.1. The second-order valence-corrected chi connectivity index (χ2v) is 9.06. The van der Waals surface area contributed by atoms with Crippen LogP contribution in [0.2, 0.25) is 0 Å². The summed E-state index contributed by atoms with van der Waals surface area (Å²) in [5, 5.41) is 0. The number of esters is 1. The molecule has 148 valence electrons. The van der Waals surface area contributed by atoms with Gasteiger partial charge in [0, 0.05) is 30.0 Å². The van der Waals surface area contributed by atoms with Crippen LogP contribution in [-0.2, 0) is 26.2 Å². The Kier molecular flexibility index (Phi) is 3.52. The third-order valence-electron chi connectivity index (χ3n) is 7.84. The Hall–Kier alpha value is -1.92. The summed E-state index contributed by atoms with van der Waals surface area (Å²) in [6.45, 7) is 1.99. The van der Waals surface area contributed by atoms with Crippen LogP contribution in [0.25, 0.3) is 0 Å². The molecule has 3 aliphatic heterocycles. The van der Waals surface area contributed by atoms with Crippen molar-refractivity contribution >= 4 is 11.8 Å². The van der Waals surface area contributed by atoms with Crippen molar-refractivity contribution in [2.75, 3.05) is 26.8 Å². The number of ketones is 1. The molecule has 6 heteroatoms. The number of carbonyl (C=O) groups excluding carboxylic acids is 2. The average Bonchev–Trinajstić information content (AvgIpc) is 3.33. The molecule has 1 saturated carbocycles. The number of likely N-dealkylation sites (N-methyl/N-ethyl adjacent to an activating group) is 1. The van der Waals surface area contributed by atoms with E-state index in [1.807, 2.05) is 6.07 Å². The van der Waals surface area contributed by atoms with Crippen molar-refractivity contribution in [1.82, 2.24) is 4.90 Å². The highest BCUT2D eigenvalue weighted by Gasteiger charge is 2.65. The van der Waals surface area contributed by atoms with E-state index < -0.39 is 6.10 Å². The molecular weight excluding hydrogens is 358 g/mol. The standard InChI is InChI=1S/C22H25NO5/c1-23-8-7-22-14-3-4-16(24)20(22)28-19-17(27-21(25)13-6-9-26-11-13)5-2-12(18(19)22)10-15(14)23/h2,5,13-15,20H,3-4,6-11H2,1H3/t13?,14?,15?,20-,22?/m0/s1. The molecule has 5 atom stereocenters. The molecule has 28 heavy (non-hydrogen) atoms. The summed E-state index contributed by atoms with van der Waals surface area (Å²) >= 11 is 0. The SMILES string of the molecule is CN1CCC23c4c5ccc(OC(=O)C6CCOC6)c4O[C@H]2C(=O)CCC3C1C5. The number of piperidine rings is 1. The Bertz CT molecular complexity index is 876. The zero-order chi connectivity index (χ0) is 19.0. The number of rotatable bonds is 2. The number of nitrogens with zero attached hydrogens (tertiary/aromatic N) is 1. The Labute approximate surface area is 164 Å². The number of hydrogen-bond donors (Lipinski definition) is 0. The molecule has 6 nitrogen and oxygen atoms in total. The van der Waals surface area contributed by atoms with Crippen LogP contribution in [0.4, 0.5) is 0 Å². The molecule has 3 heterocycles. The summed E-state index contributed by atoms with van der Waals surface area (Å²) in [7, 11) is 2.20. The van der Waals surface area contributed by atoms with Crippen LogP contribution in [0, 0.1) is 11.8 Å². The summed E-state index contributed by atoms with van der Waals surface area (Å²) in [5.74, 6) is 1.28. The molecule has 0 aromatic heterocycles. The maximum atomic E-state index is 12.9. The molecule has 0 radical (unpaired) electrons. The van der Waals surface area contributed by atoms with Crippen molar-refractivity contribution in [2.45, 2.75) is 49.7 Å². The van der Waals surface area contributed by atoms with E-state index in [1.165, 1.54) is 5.56 Å². The highest BCUT2D eigenvalue weighted by molar-refractivity contribution is 5.89. The van der Waals surface area contributed by atoms with E-state index in [0.717, 1.165) is 31.4 Å². The van der Waals surface area contributed by atoms with Crippen LogP contribution in [0.1, 0.15) is 36.8 Å². The smallest absolute Gasteiger partial charge is 0.316 e.